The van der Waals surface area contributed by atoms with Crippen LogP contribution < -0.4 is 15.5 Å². The summed E-state index contributed by atoms with van der Waals surface area (Å²) in [7, 11) is 4.00. The van der Waals surface area contributed by atoms with E-state index in [2.05, 4.69) is 4.84 Å². The molecule has 4 nitrogen and oxygen atoms in total. The molecule has 0 aliphatic rings. The maximum Gasteiger partial charge on any atom is 0.121 e. The molecular formula is C11H18N2O2. The maximum atomic E-state index is 5.54. The van der Waals surface area contributed by atoms with E-state index in [-0.39, 0.29) is 0 Å². The first-order chi connectivity index (χ1) is 7.24. The molecule has 0 aromatic heterocycles. The standard InChI is InChI=1S/C11H18N2O2/c1-13(2)10-5-3-6-11(9-10)14-7-4-8-15-12/h3,5-6,9H,4,7-8,12H2,1-2H3. The van der Waals surface area contributed by atoms with E-state index in [4.69, 9.17) is 10.6 Å². The Hall–Kier alpha value is -1.26. The molecule has 0 saturated heterocycles. The van der Waals surface area contributed by atoms with Gasteiger partial charge in [-0.3, -0.25) is 0 Å². The average Bonchev–Trinajstić information content (AvgIpc) is 2.25. The highest BCUT2D eigenvalue weighted by Crippen LogP contribution is 2.19. The minimum absolute atomic E-state index is 0.521. The molecule has 1 rings (SSSR count). The Morgan fingerprint density at radius 3 is 2.73 bits per heavy atom. The van der Waals surface area contributed by atoms with Crippen molar-refractivity contribution in [2.75, 3.05) is 32.2 Å². The molecule has 15 heavy (non-hydrogen) atoms. The normalized spacial score (nSPS) is 10.1. The summed E-state index contributed by atoms with van der Waals surface area (Å²) in [5, 5.41) is 0. The Morgan fingerprint density at radius 2 is 2.07 bits per heavy atom. The quantitative estimate of drug-likeness (QED) is 0.569. The zero-order valence-electron chi connectivity index (χ0n) is 9.27. The molecule has 0 radical (unpaired) electrons. The molecule has 0 aliphatic heterocycles. The van der Waals surface area contributed by atoms with Crippen LogP contribution >= 0.6 is 0 Å². The lowest BCUT2D eigenvalue weighted by atomic mass is 10.3. The summed E-state index contributed by atoms with van der Waals surface area (Å²) >= 11 is 0. The van der Waals surface area contributed by atoms with Gasteiger partial charge >= 0.3 is 0 Å². The predicted octanol–water partition coefficient (Wildman–Crippen LogP) is 1.41. The summed E-state index contributed by atoms with van der Waals surface area (Å²) in [4.78, 5) is 6.49. The molecule has 1 aromatic rings. The van der Waals surface area contributed by atoms with E-state index in [0.29, 0.717) is 13.2 Å². The van der Waals surface area contributed by atoms with Crippen LogP contribution in [0.3, 0.4) is 0 Å². The first-order valence-electron chi connectivity index (χ1n) is 4.96. The second-order valence-corrected chi connectivity index (χ2v) is 3.46. The number of hydrogen-bond donors (Lipinski definition) is 1. The van der Waals surface area contributed by atoms with Crippen LogP contribution in [0.1, 0.15) is 6.42 Å². The summed E-state index contributed by atoms with van der Waals surface area (Å²) in [6.07, 6.45) is 0.794. The molecule has 0 spiro atoms. The third-order valence-electron chi connectivity index (χ3n) is 2.01. The van der Waals surface area contributed by atoms with E-state index in [9.17, 15) is 0 Å². The molecule has 0 fully saturated rings. The van der Waals surface area contributed by atoms with Crippen molar-refractivity contribution in [3.05, 3.63) is 24.3 Å². The van der Waals surface area contributed by atoms with Gasteiger partial charge in [-0.05, 0) is 12.1 Å². The second-order valence-electron chi connectivity index (χ2n) is 3.46. The van der Waals surface area contributed by atoms with Crippen molar-refractivity contribution in [3.8, 4) is 5.75 Å². The predicted molar refractivity (Wildman–Crippen MR) is 61.0 cm³/mol. The summed E-state index contributed by atoms with van der Waals surface area (Å²) in [5.41, 5.74) is 1.13. The summed E-state index contributed by atoms with van der Waals surface area (Å²) in [6.45, 7) is 1.14. The van der Waals surface area contributed by atoms with Crippen LogP contribution in [0.5, 0.6) is 5.75 Å². The lowest BCUT2D eigenvalue weighted by Crippen LogP contribution is -2.09. The molecule has 4 heteroatoms. The minimum Gasteiger partial charge on any atom is -0.493 e. The van der Waals surface area contributed by atoms with Crippen molar-refractivity contribution in [3.63, 3.8) is 0 Å². The number of ether oxygens (including phenoxy) is 1. The third-order valence-corrected chi connectivity index (χ3v) is 2.01. The van der Waals surface area contributed by atoms with Gasteiger partial charge in [0.2, 0.25) is 0 Å². The maximum absolute atomic E-state index is 5.54. The van der Waals surface area contributed by atoms with Gasteiger partial charge in [0.15, 0.2) is 0 Å². The highest BCUT2D eigenvalue weighted by atomic mass is 16.6. The van der Waals surface area contributed by atoms with E-state index in [0.717, 1.165) is 17.9 Å². The fourth-order valence-corrected chi connectivity index (χ4v) is 1.18. The third kappa shape index (κ3) is 4.18. The summed E-state index contributed by atoms with van der Waals surface area (Å²) in [6, 6.07) is 7.96. The van der Waals surface area contributed by atoms with Gasteiger partial charge < -0.3 is 14.5 Å². The van der Waals surface area contributed by atoms with Gasteiger partial charge in [-0.25, -0.2) is 5.90 Å². The molecule has 0 saturated carbocycles. The minimum atomic E-state index is 0.521. The van der Waals surface area contributed by atoms with Gasteiger partial charge in [0, 0.05) is 32.3 Å². The molecule has 0 bridgehead atoms. The monoisotopic (exact) mass is 210 g/mol. The molecule has 0 unspecified atom stereocenters. The van der Waals surface area contributed by atoms with Crippen molar-refractivity contribution < 1.29 is 9.57 Å². The van der Waals surface area contributed by atoms with Gasteiger partial charge in [-0.2, -0.15) is 0 Å². The van der Waals surface area contributed by atoms with Crippen molar-refractivity contribution in [2.45, 2.75) is 6.42 Å². The largest absolute Gasteiger partial charge is 0.493 e. The second kappa shape index (κ2) is 6.27. The highest BCUT2D eigenvalue weighted by Gasteiger charge is 1.98. The molecule has 0 heterocycles. The Bertz CT molecular complexity index is 290. The van der Waals surface area contributed by atoms with Crippen molar-refractivity contribution in [1.29, 1.82) is 0 Å². The van der Waals surface area contributed by atoms with E-state index in [1.165, 1.54) is 0 Å². The van der Waals surface area contributed by atoms with Gasteiger partial charge in [0.25, 0.3) is 0 Å². The highest BCUT2D eigenvalue weighted by molar-refractivity contribution is 5.49. The molecule has 0 atom stereocenters. The Balaban J connectivity index is 2.43. The zero-order chi connectivity index (χ0) is 11.1. The zero-order valence-corrected chi connectivity index (χ0v) is 9.27. The Labute approximate surface area is 90.5 Å². The lowest BCUT2D eigenvalue weighted by Gasteiger charge is -2.13. The number of rotatable bonds is 6. The fraction of sp³-hybridized carbons (Fsp3) is 0.455. The molecule has 0 aliphatic carbocycles. The lowest BCUT2D eigenvalue weighted by molar-refractivity contribution is 0.122. The number of nitrogens with two attached hydrogens (primary N) is 1. The van der Waals surface area contributed by atoms with Crippen LogP contribution in [-0.2, 0) is 4.84 Å². The van der Waals surface area contributed by atoms with Crippen LogP contribution in [0.4, 0.5) is 5.69 Å². The topological polar surface area (TPSA) is 47.7 Å². The fourth-order valence-electron chi connectivity index (χ4n) is 1.18. The molecule has 84 valence electrons. The van der Waals surface area contributed by atoms with Gasteiger partial charge in [-0.1, -0.05) is 6.07 Å². The molecular weight excluding hydrogens is 192 g/mol. The Morgan fingerprint density at radius 1 is 1.27 bits per heavy atom. The smallest absolute Gasteiger partial charge is 0.121 e. The summed E-state index contributed by atoms with van der Waals surface area (Å²) in [5.74, 6) is 5.78. The number of anilines is 1. The van der Waals surface area contributed by atoms with E-state index < -0.39 is 0 Å². The van der Waals surface area contributed by atoms with Crippen LogP contribution in [0.25, 0.3) is 0 Å². The number of benzene rings is 1. The first kappa shape index (κ1) is 11.8. The van der Waals surface area contributed by atoms with Crippen molar-refractivity contribution in [1.82, 2.24) is 0 Å². The van der Waals surface area contributed by atoms with Gasteiger partial charge in [-0.15, -0.1) is 0 Å². The molecule has 2 N–H and O–H groups in total. The van der Waals surface area contributed by atoms with Crippen LogP contribution in [0.15, 0.2) is 24.3 Å². The average molecular weight is 210 g/mol. The van der Waals surface area contributed by atoms with E-state index in [1.807, 2.05) is 43.3 Å². The van der Waals surface area contributed by atoms with Gasteiger partial charge in [0.1, 0.15) is 5.75 Å². The van der Waals surface area contributed by atoms with E-state index >= 15 is 0 Å². The van der Waals surface area contributed by atoms with Crippen LogP contribution in [0.2, 0.25) is 0 Å². The van der Waals surface area contributed by atoms with Crippen LogP contribution in [0, 0.1) is 0 Å². The molecule has 1 aromatic carbocycles. The van der Waals surface area contributed by atoms with Gasteiger partial charge in [0.05, 0.1) is 13.2 Å². The number of hydrogen-bond acceptors (Lipinski definition) is 4. The Kier molecular flexibility index (Phi) is 4.93. The van der Waals surface area contributed by atoms with Crippen LogP contribution in [-0.4, -0.2) is 27.3 Å². The van der Waals surface area contributed by atoms with E-state index in [1.54, 1.807) is 0 Å². The molecule has 0 amide bonds. The summed E-state index contributed by atoms with van der Waals surface area (Å²) < 4.78 is 5.54. The SMILES string of the molecule is CN(C)c1cccc(OCCCON)c1. The first-order valence-corrected chi connectivity index (χ1v) is 4.96. The van der Waals surface area contributed by atoms with Crippen molar-refractivity contribution >= 4 is 5.69 Å². The number of nitrogens with zero attached hydrogens (tertiary/aromatic N) is 1. The van der Waals surface area contributed by atoms with Crippen molar-refractivity contribution in [2.24, 2.45) is 5.90 Å².